The van der Waals surface area contributed by atoms with E-state index in [1.54, 1.807) is 7.11 Å². The molecule has 1 rings (SSSR count). The van der Waals surface area contributed by atoms with E-state index in [1.165, 1.54) is 6.42 Å². The number of hydrogen-bond donors (Lipinski definition) is 2. The quantitative estimate of drug-likeness (QED) is 0.629. The van der Waals surface area contributed by atoms with Crippen LogP contribution in [0.2, 0.25) is 0 Å². The van der Waals surface area contributed by atoms with Gasteiger partial charge in [-0.25, -0.2) is 0 Å². The lowest BCUT2D eigenvalue weighted by Gasteiger charge is -2.30. The standard InChI is InChI=1S/C13H29N3O2/c1-18-12-13(4-2-5-14)16-7-3-6-15(8-9-16)10-11-17/h13,17H,2-12,14H2,1H3. The molecule has 0 radical (unpaired) electrons. The van der Waals surface area contributed by atoms with Crippen LogP contribution in [0.25, 0.3) is 0 Å². The number of hydrogen-bond acceptors (Lipinski definition) is 5. The van der Waals surface area contributed by atoms with Gasteiger partial charge in [0.1, 0.15) is 0 Å². The second kappa shape index (κ2) is 9.69. The first kappa shape index (κ1) is 15.9. The molecule has 1 aliphatic rings. The highest BCUT2D eigenvalue weighted by Crippen LogP contribution is 2.11. The molecular weight excluding hydrogens is 230 g/mol. The lowest BCUT2D eigenvalue weighted by Crippen LogP contribution is -2.41. The molecule has 5 heteroatoms. The van der Waals surface area contributed by atoms with E-state index in [-0.39, 0.29) is 6.61 Å². The number of aliphatic hydroxyl groups is 1. The van der Waals surface area contributed by atoms with Gasteiger partial charge in [-0.2, -0.15) is 0 Å². The Balaban J connectivity index is 2.41. The predicted octanol–water partition coefficient (Wildman–Crippen LogP) is -0.260. The minimum absolute atomic E-state index is 0.259. The summed E-state index contributed by atoms with van der Waals surface area (Å²) in [5, 5.41) is 9.00. The summed E-state index contributed by atoms with van der Waals surface area (Å²) in [5.41, 5.74) is 5.60. The van der Waals surface area contributed by atoms with Crippen LogP contribution in [-0.4, -0.2) is 80.5 Å². The fourth-order valence-corrected chi connectivity index (χ4v) is 2.64. The molecule has 5 nitrogen and oxygen atoms in total. The van der Waals surface area contributed by atoms with Crippen LogP contribution >= 0.6 is 0 Å². The summed E-state index contributed by atoms with van der Waals surface area (Å²) >= 11 is 0. The van der Waals surface area contributed by atoms with Crippen LogP contribution < -0.4 is 5.73 Å². The van der Waals surface area contributed by atoms with E-state index >= 15 is 0 Å². The average molecular weight is 259 g/mol. The lowest BCUT2D eigenvalue weighted by molar-refractivity contribution is 0.0854. The van der Waals surface area contributed by atoms with E-state index in [9.17, 15) is 0 Å². The van der Waals surface area contributed by atoms with Crippen molar-refractivity contribution in [1.29, 1.82) is 0 Å². The third kappa shape index (κ3) is 5.63. The Labute approximate surface area is 111 Å². The van der Waals surface area contributed by atoms with Crippen LogP contribution in [0.15, 0.2) is 0 Å². The molecular formula is C13H29N3O2. The summed E-state index contributed by atoms with van der Waals surface area (Å²) in [6.45, 7) is 6.93. The highest BCUT2D eigenvalue weighted by Gasteiger charge is 2.21. The molecule has 1 unspecified atom stereocenters. The fraction of sp³-hybridized carbons (Fsp3) is 1.00. The van der Waals surface area contributed by atoms with Crippen molar-refractivity contribution in [2.24, 2.45) is 5.73 Å². The number of β-amino-alcohol motifs (C(OH)–C–C–N with tert-alkyl or cyclic N) is 1. The maximum absolute atomic E-state index is 9.00. The number of nitrogens with zero attached hydrogens (tertiary/aromatic N) is 2. The number of ether oxygens (including phenoxy) is 1. The molecule has 0 amide bonds. The van der Waals surface area contributed by atoms with E-state index < -0.39 is 0 Å². The van der Waals surface area contributed by atoms with Crippen molar-refractivity contribution in [2.45, 2.75) is 25.3 Å². The number of nitrogens with two attached hydrogens (primary N) is 1. The van der Waals surface area contributed by atoms with Gasteiger partial charge in [0, 0.05) is 32.8 Å². The van der Waals surface area contributed by atoms with Crippen molar-refractivity contribution in [3.8, 4) is 0 Å². The smallest absolute Gasteiger partial charge is 0.0618 e. The van der Waals surface area contributed by atoms with Crippen molar-refractivity contribution in [3.05, 3.63) is 0 Å². The van der Waals surface area contributed by atoms with Gasteiger partial charge in [0.15, 0.2) is 0 Å². The van der Waals surface area contributed by atoms with Gasteiger partial charge in [-0.3, -0.25) is 9.80 Å². The third-order valence-corrected chi connectivity index (χ3v) is 3.66. The van der Waals surface area contributed by atoms with Crippen LogP contribution in [-0.2, 0) is 4.74 Å². The van der Waals surface area contributed by atoms with Crippen molar-refractivity contribution in [3.63, 3.8) is 0 Å². The summed E-state index contributed by atoms with van der Waals surface area (Å²) < 4.78 is 5.33. The molecule has 3 N–H and O–H groups in total. The summed E-state index contributed by atoms with van der Waals surface area (Å²) in [5.74, 6) is 0. The maximum atomic E-state index is 9.00. The monoisotopic (exact) mass is 259 g/mol. The zero-order valence-electron chi connectivity index (χ0n) is 11.7. The first-order valence-electron chi connectivity index (χ1n) is 7.08. The Morgan fingerprint density at radius 3 is 2.78 bits per heavy atom. The minimum Gasteiger partial charge on any atom is -0.395 e. The zero-order chi connectivity index (χ0) is 13.2. The second-order valence-corrected chi connectivity index (χ2v) is 4.99. The average Bonchev–Trinajstić information content (AvgIpc) is 2.61. The number of rotatable bonds is 8. The van der Waals surface area contributed by atoms with Gasteiger partial charge in [0.2, 0.25) is 0 Å². The molecule has 1 heterocycles. The van der Waals surface area contributed by atoms with Crippen molar-refractivity contribution < 1.29 is 9.84 Å². The third-order valence-electron chi connectivity index (χ3n) is 3.66. The van der Waals surface area contributed by atoms with E-state index in [1.807, 2.05) is 0 Å². The molecule has 0 aromatic carbocycles. The largest absolute Gasteiger partial charge is 0.395 e. The van der Waals surface area contributed by atoms with Gasteiger partial charge < -0.3 is 15.6 Å². The molecule has 0 spiro atoms. The van der Waals surface area contributed by atoms with Gasteiger partial charge in [-0.1, -0.05) is 0 Å². The summed E-state index contributed by atoms with van der Waals surface area (Å²) in [4.78, 5) is 4.86. The lowest BCUT2D eigenvalue weighted by atomic mass is 10.1. The fourth-order valence-electron chi connectivity index (χ4n) is 2.64. The molecule has 0 saturated carbocycles. The molecule has 0 aromatic rings. The van der Waals surface area contributed by atoms with Crippen LogP contribution in [0.4, 0.5) is 0 Å². The topological polar surface area (TPSA) is 62.0 Å². The highest BCUT2D eigenvalue weighted by molar-refractivity contribution is 4.77. The molecule has 0 aliphatic carbocycles. The zero-order valence-corrected chi connectivity index (χ0v) is 11.7. The first-order chi connectivity index (χ1) is 8.81. The van der Waals surface area contributed by atoms with Gasteiger partial charge in [0.05, 0.1) is 13.2 Å². The number of aliphatic hydroxyl groups excluding tert-OH is 1. The molecule has 0 bridgehead atoms. The summed E-state index contributed by atoms with van der Waals surface area (Å²) in [6, 6.07) is 0.493. The second-order valence-electron chi connectivity index (χ2n) is 4.99. The number of methoxy groups -OCH3 is 1. The molecule has 18 heavy (non-hydrogen) atoms. The Kier molecular flexibility index (Phi) is 8.54. The van der Waals surface area contributed by atoms with E-state index in [4.69, 9.17) is 15.6 Å². The molecule has 1 saturated heterocycles. The Bertz CT molecular complexity index is 205. The van der Waals surface area contributed by atoms with E-state index in [2.05, 4.69) is 9.80 Å². The normalized spacial score (nSPS) is 20.8. The first-order valence-corrected chi connectivity index (χ1v) is 7.08. The van der Waals surface area contributed by atoms with Crippen molar-refractivity contribution >= 4 is 0 Å². The van der Waals surface area contributed by atoms with Crippen molar-refractivity contribution in [1.82, 2.24) is 9.80 Å². The Morgan fingerprint density at radius 2 is 2.11 bits per heavy atom. The van der Waals surface area contributed by atoms with Gasteiger partial charge >= 0.3 is 0 Å². The van der Waals surface area contributed by atoms with Crippen molar-refractivity contribution in [2.75, 3.05) is 59.6 Å². The van der Waals surface area contributed by atoms with Crippen LogP contribution in [0.1, 0.15) is 19.3 Å². The van der Waals surface area contributed by atoms with Gasteiger partial charge in [0.25, 0.3) is 0 Å². The predicted molar refractivity (Wildman–Crippen MR) is 73.7 cm³/mol. The van der Waals surface area contributed by atoms with E-state index in [0.29, 0.717) is 6.04 Å². The minimum atomic E-state index is 0.259. The molecule has 0 aromatic heterocycles. The van der Waals surface area contributed by atoms with Gasteiger partial charge in [-0.05, 0) is 38.9 Å². The molecule has 108 valence electrons. The highest BCUT2D eigenvalue weighted by atomic mass is 16.5. The molecule has 1 aliphatic heterocycles. The molecule has 1 atom stereocenters. The van der Waals surface area contributed by atoms with Crippen LogP contribution in [0.5, 0.6) is 0 Å². The Hall–Kier alpha value is -0.200. The summed E-state index contributed by atoms with van der Waals surface area (Å²) in [6.07, 6.45) is 3.35. The van der Waals surface area contributed by atoms with Crippen LogP contribution in [0, 0.1) is 0 Å². The Morgan fingerprint density at radius 1 is 1.28 bits per heavy atom. The van der Waals surface area contributed by atoms with Crippen LogP contribution in [0.3, 0.4) is 0 Å². The maximum Gasteiger partial charge on any atom is 0.0618 e. The van der Waals surface area contributed by atoms with Gasteiger partial charge in [-0.15, -0.1) is 0 Å². The molecule has 1 fully saturated rings. The SMILES string of the molecule is COCC(CCCN)N1CCCN(CCO)CC1. The van der Waals surface area contributed by atoms with E-state index in [0.717, 1.165) is 58.7 Å². The summed E-state index contributed by atoms with van der Waals surface area (Å²) in [7, 11) is 1.77.